The molecular weight excluding hydrogens is 136 g/mol. The molecule has 2 nitrogen and oxygen atoms in total. The van der Waals surface area contributed by atoms with Gasteiger partial charge < -0.3 is 0 Å². The molecule has 0 spiro atoms. The Hall–Kier alpha value is -0.0800. The largest absolute Gasteiger partial charge is 0.282 e. The van der Waals surface area contributed by atoms with Crippen LogP contribution in [0.25, 0.3) is 0 Å². The average Bonchev–Trinajstić information content (AvgIpc) is 1.56. The predicted molar refractivity (Wildman–Crippen MR) is 49.8 cm³/mol. The fourth-order valence-corrected chi connectivity index (χ4v) is 1.81. The second-order valence-electron chi connectivity index (χ2n) is 5.00. The Morgan fingerprint density at radius 2 is 1.18 bits per heavy atom. The molecule has 0 aromatic carbocycles. The van der Waals surface area contributed by atoms with Crippen molar-refractivity contribution in [3.05, 3.63) is 6.92 Å². The monoisotopic (exact) mass is 159 g/mol. The zero-order valence-electron chi connectivity index (χ0n) is 8.89. The molecule has 0 heterocycles. The minimum absolute atomic E-state index is 0.579. The molecule has 1 radical (unpaired) electrons. The smallest absolute Gasteiger partial charge is 0.215 e. The zero-order valence-corrected chi connectivity index (χ0v) is 8.89. The number of quaternary nitrogens is 2. The second-order valence-corrected chi connectivity index (χ2v) is 5.00. The van der Waals surface area contributed by atoms with E-state index < -0.39 is 0 Å². The summed E-state index contributed by atoms with van der Waals surface area (Å²) < 4.78 is 1.96. The van der Waals surface area contributed by atoms with E-state index in [1.165, 1.54) is 0 Å². The Bertz CT molecular complexity index is 103. The van der Waals surface area contributed by atoms with E-state index in [9.17, 15) is 0 Å². The fraction of sp³-hybridized carbons (Fsp3) is 0.889. The third-order valence-electron chi connectivity index (χ3n) is 2.05. The molecule has 0 aliphatic carbocycles. The van der Waals surface area contributed by atoms with Crippen LogP contribution in [0, 0.1) is 6.92 Å². The maximum absolute atomic E-state index is 3.99. The maximum Gasteiger partial charge on any atom is 0.215 e. The first-order valence-electron chi connectivity index (χ1n) is 4.11. The minimum Gasteiger partial charge on any atom is -0.282 e. The lowest BCUT2D eigenvalue weighted by Gasteiger charge is -2.42. The Morgan fingerprint density at radius 1 is 0.909 bits per heavy atom. The molecule has 0 bridgehead atoms. The topological polar surface area (TPSA) is 0 Å². The van der Waals surface area contributed by atoms with Crippen molar-refractivity contribution in [2.45, 2.75) is 12.6 Å². The van der Waals surface area contributed by atoms with Gasteiger partial charge in [-0.15, -0.1) is 0 Å². The van der Waals surface area contributed by atoms with Crippen molar-refractivity contribution in [3.63, 3.8) is 0 Å². The van der Waals surface area contributed by atoms with E-state index in [1.54, 1.807) is 0 Å². The molecule has 67 valence electrons. The van der Waals surface area contributed by atoms with Crippen LogP contribution in [0.15, 0.2) is 0 Å². The molecule has 0 amide bonds. The van der Waals surface area contributed by atoms with Crippen LogP contribution < -0.4 is 0 Å². The molecular formula is C9H23N2+2. The summed E-state index contributed by atoms with van der Waals surface area (Å²) in [4.78, 5) is 0. The molecule has 0 rings (SSSR count). The highest BCUT2D eigenvalue weighted by molar-refractivity contribution is 4.46. The van der Waals surface area contributed by atoms with Crippen molar-refractivity contribution >= 4 is 0 Å². The van der Waals surface area contributed by atoms with Crippen molar-refractivity contribution in [3.8, 4) is 0 Å². The van der Waals surface area contributed by atoms with E-state index in [2.05, 4.69) is 49.2 Å². The SMILES string of the molecule is [CH2]CC([N+](C)(C)C)[N+](C)(C)C. The first-order valence-corrected chi connectivity index (χ1v) is 4.11. The van der Waals surface area contributed by atoms with Crippen molar-refractivity contribution in [1.29, 1.82) is 0 Å². The normalized spacial score (nSPS) is 14.2. The highest BCUT2D eigenvalue weighted by atomic mass is 15.5. The van der Waals surface area contributed by atoms with Gasteiger partial charge in [-0.3, -0.25) is 8.97 Å². The Morgan fingerprint density at radius 3 is 1.18 bits per heavy atom. The van der Waals surface area contributed by atoms with E-state index in [0.717, 1.165) is 15.4 Å². The summed E-state index contributed by atoms with van der Waals surface area (Å²) in [6.07, 6.45) is 1.56. The molecule has 0 aliphatic heterocycles. The third-order valence-corrected chi connectivity index (χ3v) is 2.05. The highest BCUT2D eigenvalue weighted by Gasteiger charge is 2.33. The van der Waals surface area contributed by atoms with Gasteiger partial charge in [0.1, 0.15) is 0 Å². The van der Waals surface area contributed by atoms with Gasteiger partial charge in [0.05, 0.1) is 48.7 Å². The summed E-state index contributed by atoms with van der Waals surface area (Å²) in [5.74, 6) is 0. The lowest BCUT2D eigenvalue weighted by atomic mass is 10.2. The van der Waals surface area contributed by atoms with Crippen molar-refractivity contribution in [1.82, 2.24) is 0 Å². The lowest BCUT2D eigenvalue weighted by Crippen LogP contribution is -2.60. The highest BCUT2D eigenvalue weighted by Crippen LogP contribution is 2.14. The Kier molecular flexibility index (Phi) is 3.09. The van der Waals surface area contributed by atoms with Crippen LogP contribution in [0.3, 0.4) is 0 Å². The molecule has 0 aromatic rings. The van der Waals surface area contributed by atoms with E-state index in [-0.39, 0.29) is 0 Å². The van der Waals surface area contributed by atoms with Gasteiger partial charge in [-0.2, -0.15) is 0 Å². The first kappa shape index (κ1) is 10.9. The van der Waals surface area contributed by atoms with Crippen molar-refractivity contribution in [2.24, 2.45) is 0 Å². The van der Waals surface area contributed by atoms with Gasteiger partial charge in [0, 0.05) is 0 Å². The standard InChI is InChI=1S/C9H23N2/c1-8-9(10(2,3)4)11(5,6)7/h9H,1,8H2,2-7H3/q+2. The van der Waals surface area contributed by atoms with Crippen LogP contribution in [-0.2, 0) is 0 Å². The van der Waals surface area contributed by atoms with E-state index in [0.29, 0.717) is 6.17 Å². The zero-order chi connectivity index (χ0) is 9.28. The average molecular weight is 159 g/mol. The maximum atomic E-state index is 3.99. The summed E-state index contributed by atoms with van der Waals surface area (Å²) in [6.45, 7) is 3.99. The van der Waals surface area contributed by atoms with Gasteiger partial charge in [-0.25, -0.2) is 0 Å². The second kappa shape index (κ2) is 3.11. The first-order chi connectivity index (χ1) is 4.69. The van der Waals surface area contributed by atoms with Gasteiger partial charge >= 0.3 is 0 Å². The van der Waals surface area contributed by atoms with E-state index in [1.807, 2.05) is 0 Å². The van der Waals surface area contributed by atoms with Crippen molar-refractivity contribution in [2.75, 3.05) is 42.3 Å². The Labute approximate surface area is 71.6 Å². The summed E-state index contributed by atoms with van der Waals surface area (Å²) in [7, 11) is 13.3. The molecule has 0 atom stereocenters. The predicted octanol–water partition coefficient (Wildman–Crippen LogP) is 0.949. The molecule has 2 heteroatoms. The van der Waals surface area contributed by atoms with Gasteiger partial charge in [0.2, 0.25) is 6.17 Å². The van der Waals surface area contributed by atoms with Gasteiger partial charge in [-0.1, -0.05) is 0 Å². The molecule has 0 unspecified atom stereocenters. The minimum atomic E-state index is 0.579. The summed E-state index contributed by atoms with van der Waals surface area (Å²) in [5.41, 5.74) is 0. The van der Waals surface area contributed by atoms with E-state index >= 15 is 0 Å². The van der Waals surface area contributed by atoms with E-state index in [4.69, 9.17) is 0 Å². The number of rotatable bonds is 3. The van der Waals surface area contributed by atoms with Crippen LogP contribution in [0.1, 0.15) is 6.42 Å². The van der Waals surface area contributed by atoms with Gasteiger partial charge in [0.25, 0.3) is 0 Å². The van der Waals surface area contributed by atoms with Crippen LogP contribution in [-0.4, -0.2) is 57.4 Å². The molecule has 0 saturated carbocycles. The molecule has 0 aliphatic rings. The van der Waals surface area contributed by atoms with Gasteiger partial charge in [0.15, 0.2) is 0 Å². The molecule has 0 saturated heterocycles. The van der Waals surface area contributed by atoms with Crippen LogP contribution in [0.2, 0.25) is 0 Å². The molecule has 0 N–H and O–H groups in total. The quantitative estimate of drug-likeness (QED) is 0.425. The van der Waals surface area contributed by atoms with Crippen molar-refractivity contribution < 1.29 is 8.97 Å². The summed E-state index contributed by atoms with van der Waals surface area (Å²) in [6, 6.07) is 0. The lowest BCUT2D eigenvalue weighted by molar-refractivity contribution is -1.09. The van der Waals surface area contributed by atoms with Crippen LogP contribution in [0.5, 0.6) is 0 Å². The summed E-state index contributed by atoms with van der Waals surface area (Å²) in [5, 5.41) is 0. The summed E-state index contributed by atoms with van der Waals surface area (Å²) >= 11 is 0. The molecule has 0 aromatic heterocycles. The Balaban J connectivity index is 4.43. The van der Waals surface area contributed by atoms with Gasteiger partial charge in [-0.05, 0) is 6.92 Å². The third kappa shape index (κ3) is 3.21. The van der Waals surface area contributed by atoms with Crippen LogP contribution >= 0.6 is 0 Å². The number of hydrogen-bond acceptors (Lipinski definition) is 0. The number of nitrogens with zero attached hydrogens (tertiary/aromatic N) is 2. The molecule has 0 fully saturated rings. The fourth-order valence-electron chi connectivity index (χ4n) is 1.81. The molecule has 11 heavy (non-hydrogen) atoms. The number of hydrogen-bond donors (Lipinski definition) is 0. The van der Waals surface area contributed by atoms with Crippen LogP contribution in [0.4, 0.5) is 0 Å².